The third-order valence-electron chi connectivity index (χ3n) is 5.24. The quantitative estimate of drug-likeness (QED) is 0.201. The first kappa shape index (κ1) is 26.1. The molecule has 3 N–H and O–H groups in total. The van der Waals surface area contributed by atoms with Crippen LogP contribution in [0.4, 0.5) is 46.4 Å². The smallest absolute Gasteiger partial charge is 0.419 e. The molecule has 4 aromatic rings. The minimum atomic E-state index is -4.69. The lowest BCUT2D eigenvalue weighted by Crippen LogP contribution is -2.09. The predicted molar refractivity (Wildman–Crippen MR) is 134 cm³/mol. The maximum absolute atomic E-state index is 14.7. The Labute approximate surface area is 214 Å². The number of anilines is 5. The molecular formula is C25H21F4N7O2. The molecule has 0 aliphatic rings. The van der Waals surface area contributed by atoms with Gasteiger partial charge in [0.2, 0.25) is 11.9 Å². The number of ether oxygens (including phenoxy) is 1. The van der Waals surface area contributed by atoms with E-state index >= 15 is 0 Å². The van der Waals surface area contributed by atoms with Crippen molar-refractivity contribution >= 4 is 34.7 Å². The van der Waals surface area contributed by atoms with Gasteiger partial charge < -0.3 is 20.7 Å². The summed E-state index contributed by atoms with van der Waals surface area (Å²) in [6.07, 6.45) is 0.847. The third-order valence-corrected chi connectivity index (χ3v) is 5.24. The van der Waals surface area contributed by atoms with Gasteiger partial charge >= 0.3 is 6.18 Å². The lowest BCUT2D eigenvalue weighted by atomic mass is 10.0. The van der Waals surface area contributed by atoms with Crippen molar-refractivity contribution in [3.8, 4) is 16.9 Å². The summed E-state index contributed by atoms with van der Waals surface area (Å²) in [5, 5.41) is 12.3. The molecule has 1 amide bonds. The predicted octanol–water partition coefficient (Wildman–Crippen LogP) is 5.66. The zero-order valence-corrected chi connectivity index (χ0v) is 20.1. The summed E-state index contributed by atoms with van der Waals surface area (Å²) in [5.41, 5.74) is -0.0350. The molecule has 0 spiro atoms. The fourth-order valence-electron chi connectivity index (χ4n) is 3.48. The Balaban J connectivity index is 1.80. The Hall–Kier alpha value is -4.94. The van der Waals surface area contributed by atoms with Crippen molar-refractivity contribution in [2.75, 3.05) is 23.1 Å². The van der Waals surface area contributed by atoms with Gasteiger partial charge in [-0.15, -0.1) is 0 Å². The first-order chi connectivity index (χ1) is 18.1. The number of halogens is 4. The number of aromatic nitrogens is 4. The number of carbonyl (C=O) groups is 1. The number of hydrogen-bond acceptors (Lipinski definition) is 7. The number of amides is 1. The van der Waals surface area contributed by atoms with Crippen LogP contribution in [0, 0.1) is 5.82 Å². The minimum Gasteiger partial charge on any atom is -0.496 e. The summed E-state index contributed by atoms with van der Waals surface area (Å²) in [4.78, 5) is 20.3. The molecule has 0 aliphatic heterocycles. The molecular weight excluding hydrogens is 506 g/mol. The van der Waals surface area contributed by atoms with E-state index in [4.69, 9.17) is 4.74 Å². The van der Waals surface area contributed by atoms with Crippen LogP contribution < -0.4 is 20.7 Å². The third kappa shape index (κ3) is 5.88. The topological polar surface area (TPSA) is 106 Å². The van der Waals surface area contributed by atoms with Gasteiger partial charge in [-0.3, -0.25) is 9.48 Å². The first-order valence-corrected chi connectivity index (χ1v) is 11.0. The molecule has 0 fully saturated rings. The van der Waals surface area contributed by atoms with E-state index < -0.39 is 23.5 Å². The van der Waals surface area contributed by atoms with E-state index in [0.717, 1.165) is 25.3 Å². The second-order valence-electron chi connectivity index (χ2n) is 7.91. The number of alkyl halides is 3. The number of hydrogen-bond donors (Lipinski definition) is 3. The fraction of sp³-hybridized carbons (Fsp3) is 0.120. The van der Waals surface area contributed by atoms with Crippen molar-refractivity contribution in [2.24, 2.45) is 7.05 Å². The van der Waals surface area contributed by atoms with E-state index in [-0.39, 0.29) is 40.0 Å². The Bertz CT molecular complexity index is 1500. The highest BCUT2D eigenvalue weighted by molar-refractivity contribution is 5.99. The highest BCUT2D eigenvalue weighted by Crippen LogP contribution is 2.40. The van der Waals surface area contributed by atoms with Gasteiger partial charge in [0.05, 0.1) is 30.2 Å². The second kappa shape index (κ2) is 10.6. The van der Waals surface area contributed by atoms with Gasteiger partial charge in [-0.05, 0) is 42.0 Å². The number of rotatable bonds is 8. The number of aryl methyl sites for hydroxylation is 1. The van der Waals surface area contributed by atoms with Crippen LogP contribution in [0.5, 0.6) is 5.75 Å². The second-order valence-corrected chi connectivity index (χ2v) is 7.91. The number of methoxy groups -OCH3 is 1. The van der Waals surface area contributed by atoms with Crippen LogP contribution in [0.1, 0.15) is 5.56 Å². The molecule has 38 heavy (non-hydrogen) atoms. The number of benzene rings is 2. The highest BCUT2D eigenvalue weighted by atomic mass is 19.4. The number of nitrogens with zero attached hydrogens (tertiary/aromatic N) is 4. The van der Waals surface area contributed by atoms with Crippen molar-refractivity contribution in [3.05, 3.63) is 79.0 Å². The lowest BCUT2D eigenvalue weighted by Gasteiger charge is -2.17. The average molecular weight is 527 g/mol. The molecule has 0 saturated carbocycles. The van der Waals surface area contributed by atoms with Crippen molar-refractivity contribution < 1.29 is 27.1 Å². The summed E-state index contributed by atoms with van der Waals surface area (Å²) >= 11 is 0. The molecule has 13 heteroatoms. The monoisotopic (exact) mass is 527 g/mol. The zero-order chi connectivity index (χ0) is 27.4. The molecule has 2 aromatic heterocycles. The van der Waals surface area contributed by atoms with Crippen molar-refractivity contribution in [1.29, 1.82) is 0 Å². The Morgan fingerprint density at radius 1 is 1.11 bits per heavy atom. The number of carbonyl (C=O) groups excluding carboxylic acids is 1. The minimum absolute atomic E-state index is 0.00391. The van der Waals surface area contributed by atoms with Crippen LogP contribution in [-0.2, 0) is 18.0 Å². The molecule has 0 atom stereocenters. The van der Waals surface area contributed by atoms with Crippen LogP contribution in [0.3, 0.4) is 0 Å². The van der Waals surface area contributed by atoms with Crippen LogP contribution in [-0.4, -0.2) is 32.8 Å². The zero-order valence-electron chi connectivity index (χ0n) is 20.1. The van der Waals surface area contributed by atoms with Gasteiger partial charge in [-0.25, -0.2) is 9.37 Å². The van der Waals surface area contributed by atoms with E-state index in [1.807, 2.05) is 0 Å². The van der Waals surface area contributed by atoms with Crippen LogP contribution in [0.2, 0.25) is 0 Å². The summed E-state index contributed by atoms with van der Waals surface area (Å²) in [5.74, 6) is -1.49. The Morgan fingerprint density at radius 3 is 2.55 bits per heavy atom. The first-order valence-electron chi connectivity index (χ1n) is 11.0. The fourth-order valence-corrected chi connectivity index (χ4v) is 3.48. The molecule has 9 nitrogen and oxygen atoms in total. The SMILES string of the molecule is C=CC(=O)Nc1ccc(F)c(Nc2nc(Nc3cnn(C)c3)ncc2-c2ccc(OC)c(C(F)(F)F)c2)c1. The standard InChI is InChI=1S/C25H21F4N7O2/c1-4-22(37)32-15-6-7-19(26)20(10-15)34-23-17(12-30-24(35-23)33-16-11-31-36(2)13-16)14-5-8-21(38-3)18(9-14)25(27,28)29/h4-13H,1H2,2-3H3,(H,32,37)(H2,30,33,34,35). The summed E-state index contributed by atoms with van der Waals surface area (Å²) in [6.45, 7) is 3.37. The van der Waals surface area contributed by atoms with E-state index in [0.29, 0.717) is 5.69 Å². The molecule has 0 radical (unpaired) electrons. The van der Waals surface area contributed by atoms with Gasteiger partial charge in [0, 0.05) is 30.7 Å². The highest BCUT2D eigenvalue weighted by Gasteiger charge is 2.35. The van der Waals surface area contributed by atoms with Crippen molar-refractivity contribution in [1.82, 2.24) is 19.7 Å². The summed E-state index contributed by atoms with van der Waals surface area (Å²) in [7, 11) is 2.85. The normalized spacial score (nSPS) is 11.1. The average Bonchev–Trinajstić information content (AvgIpc) is 3.29. The molecule has 0 bridgehead atoms. The molecule has 0 aliphatic carbocycles. The van der Waals surface area contributed by atoms with Gasteiger partial charge in [-0.2, -0.15) is 23.3 Å². The molecule has 2 aromatic carbocycles. The summed E-state index contributed by atoms with van der Waals surface area (Å²) < 4.78 is 62.2. The van der Waals surface area contributed by atoms with Crippen LogP contribution in [0.15, 0.2) is 67.6 Å². The molecule has 196 valence electrons. The van der Waals surface area contributed by atoms with Gasteiger partial charge in [-0.1, -0.05) is 12.6 Å². The molecule has 2 heterocycles. The Kier molecular flexibility index (Phi) is 7.28. The molecule has 4 rings (SSSR count). The largest absolute Gasteiger partial charge is 0.496 e. The van der Waals surface area contributed by atoms with E-state index in [1.165, 1.54) is 36.7 Å². The van der Waals surface area contributed by atoms with Crippen molar-refractivity contribution in [3.63, 3.8) is 0 Å². The van der Waals surface area contributed by atoms with E-state index in [9.17, 15) is 22.4 Å². The van der Waals surface area contributed by atoms with Gasteiger partial charge in [0.15, 0.2) is 0 Å². The molecule has 0 unspecified atom stereocenters. The maximum atomic E-state index is 14.7. The molecule has 0 saturated heterocycles. The van der Waals surface area contributed by atoms with Gasteiger partial charge in [0.1, 0.15) is 17.4 Å². The van der Waals surface area contributed by atoms with Crippen molar-refractivity contribution in [2.45, 2.75) is 6.18 Å². The lowest BCUT2D eigenvalue weighted by molar-refractivity contribution is -0.138. The Morgan fingerprint density at radius 2 is 1.89 bits per heavy atom. The van der Waals surface area contributed by atoms with E-state index in [1.54, 1.807) is 17.9 Å². The number of nitrogens with one attached hydrogen (secondary N) is 3. The van der Waals surface area contributed by atoms with Crippen LogP contribution in [0.25, 0.3) is 11.1 Å². The summed E-state index contributed by atoms with van der Waals surface area (Å²) in [6, 6.07) is 7.25. The van der Waals surface area contributed by atoms with E-state index in [2.05, 4.69) is 37.6 Å². The van der Waals surface area contributed by atoms with Crippen LogP contribution >= 0.6 is 0 Å². The van der Waals surface area contributed by atoms with Gasteiger partial charge in [0.25, 0.3) is 0 Å². The maximum Gasteiger partial charge on any atom is 0.419 e.